The van der Waals surface area contributed by atoms with Gasteiger partial charge in [-0.05, 0) is 37.6 Å². The Hall–Kier alpha value is -1.62. The van der Waals surface area contributed by atoms with E-state index in [1.54, 1.807) is 13.8 Å². The van der Waals surface area contributed by atoms with Crippen LogP contribution < -0.4 is 5.32 Å². The van der Waals surface area contributed by atoms with Crippen molar-refractivity contribution in [3.05, 3.63) is 45.6 Å². The highest BCUT2D eigenvalue weighted by molar-refractivity contribution is 9.10. The fraction of sp³-hybridized carbons (Fsp3) is 0.231. The van der Waals surface area contributed by atoms with E-state index in [1.165, 1.54) is 0 Å². The second kappa shape index (κ2) is 4.94. The fourth-order valence-electron chi connectivity index (χ4n) is 1.65. The van der Waals surface area contributed by atoms with Crippen molar-refractivity contribution in [3.63, 3.8) is 0 Å². The fourth-order valence-corrected chi connectivity index (χ4v) is 1.90. The lowest BCUT2D eigenvalue weighted by atomic mass is 10.2. The summed E-state index contributed by atoms with van der Waals surface area (Å²) in [5.74, 6) is 0.465. The Morgan fingerprint density at radius 1 is 1.33 bits per heavy atom. The van der Waals surface area contributed by atoms with Crippen LogP contribution in [0.25, 0.3) is 0 Å². The lowest BCUT2D eigenvalue weighted by Crippen LogP contribution is -2.12. The van der Waals surface area contributed by atoms with E-state index in [4.69, 9.17) is 4.42 Å². The van der Waals surface area contributed by atoms with Crippen molar-refractivity contribution in [2.75, 3.05) is 5.32 Å². The van der Waals surface area contributed by atoms with Crippen LogP contribution in [0, 0.1) is 20.8 Å². The predicted octanol–water partition coefficient (Wildman–Crippen LogP) is 3.61. The van der Waals surface area contributed by atoms with Crippen LogP contribution >= 0.6 is 15.9 Å². The van der Waals surface area contributed by atoms with Gasteiger partial charge in [0.15, 0.2) is 5.89 Å². The van der Waals surface area contributed by atoms with Crippen molar-refractivity contribution in [2.45, 2.75) is 20.8 Å². The van der Waals surface area contributed by atoms with Gasteiger partial charge in [0, 0.05) is 17.1 Å². The molecule has 1 aromatic heterocycles. The number of benzene rings is 1. The summed E-state index contributed by atoms with van der Waals surface area (Å²) in [6.45, 7) is 5.43. The molecule has 4 nitrogen and oxygen atoms in total. The molecule has 2 aromatic rings. The molecule has 0 radical (unpaired) electrons. The first-order valence-electron chi connectivity index (χ1n) is 5.49. The molecule has 0 bridgehead atoms. The van der Waals surface area contributed by atoms with Crippen molar-refractivity contribution in [3.8, 4) is 0 Å². The van der Waals surface area contributed by atoms with Crippen molar-refractivity contribution < 1.29 is 9.21 Å². The van der Waals surface area contributed by atoms with Crippen LogP contribution in [0.1, 0.15) is 27.7 Å². The third kappa shape index (κ3) is 2.61. The molecule has 0 saturated carbocycles. The molecule has 0 fully saturated rings. The molecule has 0 aliphatic rings. The summed E-state index contributed by atoms with van der Waals surface area (Å²) in [6, 6.07) is 5.61. The minimum Gasteiger partial charge on any atom is -0.436 e. The molecule has 0 aliphatic carbocycles. The first-order chi connectivity index (χ1) is 8.47. The van der Waals surface area contributed by atoms with E-state index in [-0.39, 0.29) is 11.7 Å². The quantitative estimate of drug-likeness (QED) is 0.922. The van der Waals surface area contributed by atoms with Gasteiger partial charge in [-0.25, -0.2) is 4.98 Å². The van der Waals surface area contributed by atoms with Crippen molar-refractivity contribution in [1.29, 1.82) is 0 Å². The minimum absolute atomic E-state index is 0.257. The van der Waals surface area contributed by atoms with Gasteiger partial charge in [0.2, 0.25) is 5.76 Å². The molecule has 0 aliphatic heterocycles. The number of oxazole rings is 1. The van der Waals surface area contributed by atoms with Crippen LogP contribution in [-0.4, -0.2) is 10.9 Å². The van der Waals surface area contributed by atoms with Gasteiger partial charge in [0.05, 0.1) is 5.69 Å². The molecule has 1 N–H and O–H groups in total. The average molecular weight is 309 g/mol. The first kappa shape index (κ1) is 12.8. The number of anilines is 1. The zero-order chi connectivity index (χ0) is 13.3. The van der Waals surface area contributed by atoms with Crippen LogP contribution in [-0.2, 0) is 0 Å². The van der Waals surface area contributed by atoms with E-state index in [0.717, 1.165) is 15.7 Å². The van der Waals surface area contributed by atoms with Gasteiger partial charge in [-0.15, -0.1) is 0 Å². The lowest BCUT2D eigenvalue weighted by Gasteiger charge is -2.05. The number of carbonyl (C=O) groups is 1. The van der Waals surface area contributed by atoms with E-state index < -0.39 is 0 Å². The maximum Gasteiger partial charge on any atom is 0.293 e. The molecule has 18 heavy (non-hydrogen) atoms. The molecule has 1 aromatic carbocycles. The van der Waals surface area contributed by atoms with E-state index in [1.807, 2.05) is 25.1 Å². The molecule has 0 spiro atoms. The maximum absolute atomic E-state index is 12.0. The van der Waals surface area contributed by atoms with Gasteiger partial charge < -0.3 is 9.73 Å². The molecule has 1 amide bonds. The van der Waals surface area contributed by atoms with E-state index in [0.29, 0.717) is 11.6 Å². The number of carbonyl (C=O) groups excluding carboxylic acids is 1. The highest BCUT2D eigenvalue weighted by Gasteiger charge is 2.16. The molecule has 2 rings (SSSR count). The number of aromatic nitrogens is 1. The molecule has 0 saturated heterocycles. The summed E-state index contributed by atoms with van der Waals surface area (Å²) < 4.78 is 6.28. The van der Waals surface area contributed by atoms with E-state index in [9.17, 15) is 4.79 Å². The summed E-state index contributed by atoms with van der Waals surface area (Å²) in [6.07, 6.45) is 0. The number of halogens is 1. The Labute approximate surface area is 114 Å². The zero-order valence-electron chi connectivity index (χ0n) is 10.4. The number of nitrogens with zero attached hydrogens (tertiary/aromatic N) is 1. The van der Waals surface area contributed by atoms with Crippen LogP contribution in [0.2, 0.25) is 0 Å². The lowest BCUT2D eigenvalue weighted by molar-refractivity contribution is 0.0994. The Balaban J connectivity index is 2.21. The summed E-state index contributed by atoms with van der Waals surface area (Å²) >= 11 is 3.41. The summed E-state index contributed by atoms with van der Waals surface area (Å²) in [5, 5.41) is 2.79. The van der Waals surface area contributed by atoms with Crippen LogP contribution in [0.3, 0.4) is 0 Å². The Morgan fingerprint density at radius 3 is 2.61 bits per heavy atom. The smallest absolute Gasteiger partial charge is 0.293 e. The van der Waals surface area contributed by atoms with Gasteiger partial charge in [0.25, 0.3) is 5.91 Å². The first-order valence-corrected chi connectivity index (χ1v) is 6.28. The second-order valence-corrected chi connectivity index (χ2v) is 4.92. The third-order valence-electron chi connectivity index (χ3n) is 2.53. The molecule has 0 unspecified atom stereocenters. The topological polar surface area (TPSA) is 55.1 Å². The molecular weight excluding hydrogens is 296 g/mol. The van der Waals surface area contributed by atoms with Gasteiger partial charge in [-0.3, -0.25) is 4.79 Å². The SMILES string of the molecule is Cc1nc(C)c(C(=O)Nc2ccc(Br)c(C)c2)o1. The number of hydrogen-bond acceptors (Lipinski definition) is 3. The number of nitrogens with one attached hydrogen (secondary N) is 1. The predicted molar refractivity (Wildman–Crippen MR) is 72.8 cm³/mol. The Morgan fingerprint density at radius 2 is 2.06 bits per heavy atom. The van der Waals surface area contributed by atoms with E-state index >= 15 is 0 Å². The minimum atomic E-state index is -0.283. The van der Waals surface area contributed by atoms with Gasteiger partial charge in [-0.2, -0.15) is 0 Å². The van der Waals surface area contributed by atoms with Gasteiger partial charge in [-0.1, -0.05) is 15.9 Å². The third-order valence-corrected chi connectivity index (χ3v) is 3.42. The standard InChI is InChI=1S/C13H13BrN2O2/c1-7-6-10(4-5-11(7)14)16-13(17)12-8(2)15-9(3)18-12/h4-6H,1-3H3,(H,16,17). The van der Waals surface area contributed by atoms with Gasteiger partial charge in [0.1, 0.15) is 0 Å². The Bertz CT molecular complexity index is 605. The Kier molecular flexibility index (Phi) is 3.52. The zero-order valence-corrected chi connectivity index (χ0v) is 12.0. The molecule has 94 valence electrons. The number of aryl methyl sites for hydroxylation is 3. The monoisotopic (exact) mass is 308 g/mol. The summed E-state index contributed by atoms with van der Waals surface area (Å²) in [4.78, 5) is 16.1. The van der Waals surface area contributed by atoms with Crippen molar-refractivity contribution >= 4 is 27.5 Å². The van der Waals surface area contributed by atoms with Crippen molar-refractivity contribution in [1.82, 2.24) is 4.98 Å². The molecular formula is C13H13BrN2O2. The van der Waals surface area contributed by atoms with Crippen LogP contribution in [0.15, 0.2) is 27.1 Å². The van der Waals surface area contributed by atoms with Gasteiger partial charge >= 0.3 is 0 Å². The largest absolute Gasteiger partial charge is 0.436 e. The summed E-state index contributed by atoms with van der Waals surface area (Å²) in [5.41, 5.74) is 2.38. The van der Waals surface area contributed by atoms with E-state index in [2.05, 4.69) is 26.2 Å². The molecule has 5 heteroatoms. The maximum atomic E-state index is 12.0. The highest BCUT2D eigenvalue weighted by Crippen LogP contribution is 2.21. The van der Waals surface area contributed by atoms with Crippen LogP contribution in [0.4, 0.5) is 5.69 Å². The molecule has 0 atom stereocenters. The van der Waals surface area contributed by atoms with Crippen molar-refractivity contribution in [2.24, 2.45) is 0 Å². The number of rotatable bonds is 2. The van der Waals surface area contributed by atoms with Crippen LogP contribution in [0.5, 0.6) is 0 Å². The number of hydrogen-bond donors (Lipinski definition) is 1. The average Bonchev–Trinajstić information content (AvgIpc) is 2.63. The normalized spacial score (nSPS) is 10.4. The molecule has 1 heterocycles. The summed E-state index contributed by atoms with van der Waals surface area (Å²) in [7, 11) is 0. The highest BCUT2D eigenvalue weighted by atomic mass is 79.9. The number of amides is 1. The second-order valence-electron chi connectivity index (χ2n) is 4.07.